The van der Waals surface area contributed by atoms with Crippen molar-refractivity contribution >= 4 is 11.5 Å². The van der Waals surface area contributed by atoms with Crippen LogP contribution in [0.1, 0.15) is 0 Å². The molecule has 1 fully saturated rings. The average molecular weight is 294 g/mol. The molecule has 0 aromatic carbocycles. The van der Waals surface area contributed by atoms with E-state index in [9.17, 15) is 0 Å². The third-order valence-corrected chi connectivity index (χ3v) is 4.15. The van der Waals surface area contributed by atoms with E-state index in [4.69, 9.17) is 5.10 Å². The van der Waals surface area contributed by atoms with Crippen molar-refractivity contribution in [3.05, 3.63) is 42.9 Å². The average Bonchev–Trinajstić information content (AvgIpc) is 2.99. The van der Waals surface area contributed by atoms with E-state index >= 15 is 0 Å². The number of imidazole rings is 1. The summed E-state index contributed by atoms with van der Waals surface area (Å²) in [6.07, 6.45) is 5.50. The van der Waals surface area contributed by atoms with E-state index in [1.165, 1.54) is 0 Å². The molecule has 0 saturated carbocycles. The molecule has 6 nitrogen and oxygen atoms in total. The molecule has 4 heterocycles. The quantitative estimate of drug-likeness (QED) is 0.717. The molecule has 0 atom stereocenters. The van der Waals surface area contributed by atoms with Crippen molar-refractivity contribution in [2.75, 3.05) is 38.1 Å². The summed E-state index contributed by atoms with van der Waals surface area (Å²) >= 11 is 0. The molecule has 0 spiro atoms. The molecule has 0 amide bonds. The topological polar surface area (TPSA) is 49.6 Å². The van der Waals surface area contributed by atoms with Crippen molar-refractivity contribution in [3.63, 3.8) is 0 Å². The monoisotopic (exact) mass is 294 g/mol. The number of rotatable bonds is 2. The first-order chi connectivity index (χ1) is 10.8. The zero-order chi connectivity index (χ0) is 14.9. The van der Waals surface area contributed by atoms with E-state index < -0.39 is 0 Å². The van der Waals surface area contributed by atoms with Crippen LogP contribution in [-0.4, -0.2) is 57.7 Å². The largest absolute Gasteiger partial charge is 0.353 e. The highest BCUT2D eigenvalue weighted by molar-refractivity contribution is 5.61. The molecule has 112 valence electrons. The van der Waals surface area contributed by atoms with Gasteiger partial charge in [-0.2, -0.15) is 9.61 Å². The van der Waals surface area contributed by atoms with Crippen LogP contribution in [0.15, 0.2) is 42.9 Å². The van der Waals surface area contributed by atoms with Crippen LogP contribution in [0, 0.1) is 0 Å². The molecule has 1 aliphatic heterocycles. The molecule has 0 bridgehead atoms. The summed E-state index contributed by atoms with van der Waals surface area (Å²) in [5, 5.41) is 4.77. The lowest BCUT2D eigenvalue weighted by atomic mass is 10.2. The highest BCUT2D eigenvalue weighted by atomic mass is 15.4. The van der Waals surface area contributed by atoms with E-state index in [1.54, 1.807) is 12.4 Å². The van der Waals surface area contributed by atoms with Gasteiger partial charge in [0.1, 0.15) is 0 Å². The number of hydrogen-bond donors (Lipinski definition) is 0. The van der Waals surface area contributed by atoms with Crippen LogP contribution in [0.5, 0.6) is 0 Å². The highest BCUT2D eigenvalue weighted by Gasteiger charge is 2.18. The third-order valence-electron chi connectivity index (χ3n) is 4.15. The second-order valence-electron chi connectivity index (χ2n) is 5.63. The van der Waals surface area contributed by atoms with Gasteiger partial charge in [0.2, 0.25) is 0 Å². The lowest BCUT2D eigenvalue weighted by Crippen LogP contribution is -2.45. The molecule has 6 heteroatoms. The van der Waals surface area contributed by atoms with Crippen LogP contribution in [0.25, 0.3) is 16.9 Å². The van der Waals surface area contributed by atoms with E-state index in [0.717, 1.165) is 48.9 Å². The Morgan fingerprint density at radius 3 is 2.50 bits per heavy atom. The Morgan fingerprint density at radius 1 is 0.955 bits per heavy atom. The van der Waals surface area contributed by atoms with Crippen LogP contribution in [0.3, 0.4) is 0 Å². The number of fused-ring (bicyclic) bond motifs is 1. The molecule has 3 aromatic rings. The second-order valence-corrected chi connectivity index (χ2v) is 5.63. The van der Waals surface area contributed by atoms with Gasteiger partial charge in [0, 0.05) is 44.1 Å². The number of anilines is 1. The van der Waals surface area contributed by atoms with Gasteiger partial charge in [-0.25, -0.2) is 4.98 Å². The smallest absolute Gasteiger partial charge is 0.155 e. The molecule has 4 rings (SSSR count). The summed E-state index contributed by atoms with van der Waals surface area (Å²) in [5.74, 6) is 1.07. The molecule has 0 radical (unpaired) electrons. The van der Waals surface area contributed by atoms with Crippen molar-refractivity contribution < 1.29 is 0 Å². The highest BCUT2D eigenvalue weighted by Crippen LogP contribution is 2.21. The van der Waals surface area contributed by atoms with Gasteiger partial charge < -0.3 is 9.80 Å². The minimum atomic E-state index is 0.881. The molecule has 22 heavy (non-hydrogen) atoms. The first-order valence-corrected chi connectivity index (χ1v) is 7.50. The van der Waals surface area contributed by atoms with E-state index in [-0.39, 0.29) is 0 Å². The van der Waals surface area contributed by atoms with E-state index in [0.29, 0.717) is 0 Å². The summed E-state index contributed by atoms with van der Waals surface area (Å²) in [6, 6.07) is 7.97. The van der Waals surface area contributed by atoms with Crippen LogP contribution in [-0.2, 0) is 0 Å². The fourth-order valence-corrected chi connectivity index (χ4v) is 2.79. The van der Waals surface area contributed by atoms with Crippen LogP contribution in [0.4, 0.5) is 5.82 Å². The van der Waals surface area contributed by atoms with Crippen molar-refractivity contribution in [1.82, 2.24) is 24.5 Å². The van der Waals surface area contributed by atoms with Crippen LogP contribution in [0.2, 0.25) is 0 Å². The summed E-state index contributed by atoms with van der Waals surface area (Å²) in [5.41, 5.74) is 2.88. The number of likely N-dealkylation sites (N-methyl/N-ethyl adjacent to an activating group) is 1. The zero-order valence-electron chi connectivity index (χ0n) is 12.6. The molecular weight excluding hydrogens is 276 g/mol. The Morgan fingerprint density at radius 2 is 1.73 bits per heavy atom. The molecule has 0 unspecified atom stereocenters. The van der Waals surface area contributed by atoms with Crippen molar-refractivity contribution in [1.29, 1.82) is 0 Å². The maximum absolute atomic E-state index is 4.77. The maximum Gasteiger partial charge on any atom is 0.155 e. The van der Waals surface area contributed by atoms with Crippen LogP contribution >= 0.6 is 0 Å². The Balaban J connectivity index is 1.74. The Hall–Kier alpha value is -2.47. The number of aromatic nitrogens is 4. The molecule has 0 N–H and O–H groups in total. The summed E-state index contributed by atoms with van der Waals surface area (Å²) in [4.78, 5) is 13.2. The standard InChI is InChI=1S/C16H18N6/c1-20-8-10-21(11-9-20)16-12-18-15-3-2-14(19-22(15)16)13-4-6-17-7-5-13/h2-7,12H,8-11H2,1H3. The third kappa shape index (κ3) is 2.31. The Kier molecular flexibility index (Phi) is 3.23. The number of piperazine rings is 1. The molecule has 3 aromatic heterocycles. The van der Waals surface area contributed by atoms with Gasteiger partial charge in [0.05, 0.1) is 11.9 Å². The van der Waals surface area contributed by atoms with Gasteiger partial charge in [0.15, 0.2) is 11.5 Å². The van der Waals surface area contributed by atoms with E-state index in [2.05, 4.69) is 26.8 Å². The Labute approximate surface area is 129 Å². The first kappa shape index (κ1) is 13.2. The van der Waals surface area contributed by atoms with Crippen molar-refractivity contribution in [2.45, 2.75) is 0 Å². The van der Waals surface area contributed by atoms with Crippen LogP contribution < -0.4 is 4.90 Å². The van der Waals surface area contributed by atoms with Crippen molar-refractivity contribution in [3.8, 4) is 11.3 Å². The van der Waals surface area contributed by atoms with Gasteiger partial charge in [-0.15, -0.1) is 0 Å². The van der Waals surface area contributed by atoms with Gasteiger partial charge in [-0.1, -0.05) is 0 Å². The van der Waals surface area contributed by atoms with Gasteiger partial charge in [-0.05, 0) is 31.3 Å². The number of hydrogen-bond acceptors (Lipinski definition) is 5. The summed E-state index contributed by atoms with van der Waals surface area (Å²) < 4.78 is 1.95. The first-order valence-electron chi connectivity index (χ1n) is 7.50. The van der Waals surface area contributed by atoms with Crippen molar-refractivity contribution in [2.24, 2.45) is 0 Å². The van der Waals surface area contributed by atoms with Gasteiger partial charge in [0.25, 0.3) is 0 Å². The number of nitrogens with zero attached hydrogens (tertiary/aromatic N) is 6. The normalized spacial score (nSPS) is 16.3. The summed E-state index contributed by atoms with van der Waals surface area (Å²) in [6.45, 7) is 4.14. The second kappa shape index (κ2) is 5.38. The summed E-state index contributed by atoms with van der Waals surface area (Å²) in [7, 11) is 2.16. The van der Waals surface area contributed by atoms with Gasteiger partial charge in [-0.3, -0.25) is 4.98 Å². The number of pyridine rings is 1. The lowest BCUT2D eigenvalue weighted by molar-refractivity contribution is 0.311. The Bertz CT molecular complexity index is 774. The minimum Gasteiger partial charge on any atom is -0.353 e. The minimum absolute atomic E-state index is 0.881. The zero-order valence-corrected chi connectivity index (χ0v) is 12.6. The molecule has 1 saturated heterocycles. The molecule has 1 aliphatic rings. The predicted molar refractivity (Wildman–Crippen MR) is 85.9 cm³/mol. The SMILES string of the molecule is CN1CCN(c2cnc3ccc(-c4ccncc4)nn23)CC1. The molecular formula is C16H18N6. The van der Waals surface area contributed by atoms with Gasteiger partial charge >= 0.3 is 0 Å². The fourth-order valence-electron chi connectivity index (χ4n) is 2.79. The predicted octanol–water partition coefficient (Wildman–Crippen LogP) is 1.54. The lowest BCUT2D eigenvalue weighted by Gasteiger charge is -2.33. The fraction of sp³-hybridized carbons (Fsp3) is 0.312. The molecule has 0 aliphatic carbocycles. The van der Waals surface area contributed by atoms with E-state index in [1.807, 2.05) is 35.0 Å². The maximum atomic E-state index is 4.77.